The minimum absolute atomic E-state index is 0.0783. The Labute approximate surface area is 325 Å². The summed E-state index contributed by atoms with van der Waals surface area (Å²) in [6.07, 6.45) is 42.5. The van der Waals surface area contributed by atoms with Crippen molar-refractivity contribution in [1.29, 1.82) is 0 Å². The Balaban J connectivity index is 3.60. The maximum Gasteiger partial charge on any atom is 0.472 e. The van der Waals surface area contributed by atoms with Gasteiger partial charge < -0.3 is 20.1 Å². The minimum atomic E-state index is -4.42. The fourth-order valence-electron chi connectivity index (χ4n) is 6.02. The number of hydrogen-bond acceptors (Lipinski definition) is 7. The van der Waals surface area contributed by atoms with E-state index in [4.69, 9.17) is 13.8 Å². The molecule has 0 spiro atoms. The summed E-state index contributed by atoms with van der Waals surface area (Å²) in [5, 5.41) is 12.7. The second kappa shape index (κ2) is 40.2. The number of carbonyl (C=O) groups excluding carboxylic acids is 2. The predicted octanol–water partition coefficient (Wildman–Crippen LogP) is 12.0. The number of nitrogens with one attached hydrogen (secondary N) is 1. The number of unbranched alkanes of at least 4 members (excludes halogenated alkanes) is 24. The fourth-order valence-corrected chi connectivity index (χ4v) is 6.77. The second-order valence-electron chi connectivity index (χ2n) is 14.7. The van der Waals surface area contributed by atoms with E-state index in [0.717, 1.165) is 51.4 Å². The predicted molar refractivity (Wildman–Crippen MR) is 220 cm³/mol. The van der Waals surface area contributed by atoms with E-state index in [1.54, 1.807) is 0 Å². The van der Waals surface area contributed by atoms with Gasteiger partial charge in [0.25, 0.3) is 0 Å². The lowest BCUT2D eigenvalue weighted by atomic mass is 10.1. The van der Waals surface area contributed by atoms with Crippen LogP contribution < -0.4 is 5.32 Å². The van der Waals surface area contributed by atoms with Crippen molar-refractivity contribution in [2.75, 3.05) is 26.4 Å². The lowest BCUT2D eigenvalue weighted by Crippen LogP contribution is -2.27. The molecule has 0 saturated carbocycles. The molecule has 0 aliphatic carbocycles. The first-order valence-electron chi connectivity index (χ1n) is 21.8. The highest BCUT2D eigenvalue weighted by Crippen LogP contribution is 2.42. The molecular formula is C43H82NO8P. The van der Waals surface area contributed by atoms with Gasteiger partial charge in [-0.1, -0.05) is 154 Å². The van der Waals surface area contributed by atoms with Gasteiger partial charge in [-0.05, 0) is 64.2 Å². The van der Waals surface area contributed by atoms with Crippen molar-refractivity contribution in [2.24, 2.45) is 0 Å². The van der Waals surface area contributed by atoms with Gasteiger partial charge in [0.2, 0.25) is 5.91 Å². The minimum Gasteiger partial charge on any atom is -0.463 e. The number of phosphoric acid groups is 1. The molecule has 53 heavy (non-hydrogen) atoms. The van der Waals surface area contributed by atoms with Crippen LogP contribution in [0.15, 0.2) is 24.3 Å². The monoisotopic (exact) mass is 772 g/mol. The number of amides is 1. The molecule has 0 bridgehead atoms. The van der Waals surface area contributed by atoms with Crippen molar-refractivity contribution < 1.29 is 37.9 Å². The molecule has 0 aromatic heterocycles. The molecule has 0 saturated heterocycles. The molecule has 0 aliphatic heterocycles. The lowest BCUT2D eigenvalue weighted by molar-refractivity contribution is -0.147. The smallest absolute Gasteiger partial charge is 0.463 e. The Morgan fingerprint density at radius 2 is 0.962 bits per heavy atom. The molecule has 2 unspecified atom stereocenters. The van der Waals surface area contributed by atoms with Crippen LogP contribution >= 0.6 is 7.82 Å². The average molecular weight is 772 g/mol. The highest BCUT2D eigenvalue weighted by Gasteiger charge is 2.23. The first-order valence-corrected chi connectivity index (χ1v) is 23.3. The average Bonchev–Trinajstić information content (AvgIpc) is 3.14. The second-order valence-corrected chi connectivity index (χ2v) is 16.1. The van der Waals surface area contributed by atoms with E-state index in [1.807, 2.05) is 0 Å². The van der Waals surface area contributed by atoms with Crippen LogP contribution in [-0.4, -0.2) is 54.3 Å². The Morgan fingerprint density at radius 1 is 0.566 bits per heavy atom. The number of carbonyl (C=O) groups is 2. The summed E-state index contributed by atoms with van der Waals surface area (Å²) < 4.78 is 26.9. The Hall–Kier alpha value is -1.51. The summed E-state index contributed by atoms with van der Waals surface area (Å²) in [5.41, 5.74) is 0. The number of aliphatic hydroxyl groups excluding tert-OH is 1. The van der Waals surface area contributed by atoms with Crippen molar-refractivity contribution in [3.8, 4) is 0 Å². The van der Waals surface area contributed by atoms with Crippen LogP contribution in [0.5, 0.6) is 0 Å². The molecular weight excluding hydrogens is 689 g/mol. The zero-order valence-corrected chi connectivity index (χ0v) is 35.1. The molecule has 1 amide bonds. The summed E-state index contributed by atoms with van der Waals surface area (Å²) in [6.45, 7) is 3.54. The van der Waals surface area contributed by atoms with Gasteiger partial charge in [-0.25, -0.2) is 4.57 Å². The SMILES string of the molecule is CCCCCCC/C=C\CCCCCCCC(=O)NCCOP(=O)(O)OCC(O)COC(=O)CCCCCCCCC/C=C\CCCCCCCCC. The molecule has 0 heterocycles. The van der Waals surface area contributed by atoms with E-state index in [-0.39, 0.29) is 32.1 Å². The van der Waals surface area contributed by atoms with Crippen LogP contribution in [0.3, 0.4) is 0 Å². The van der Waals surface area contributed by atoms with Crippen LogP contribution in [-0.2, 0) is 27.9 Å². The largest absolute Gasteiger partial charge is 0.472 e. The number of rotatable bonds is 41. The van der Waals surface area contributed by atoms with Gasteiger partial charge in [0.1, 0.15) is 12.7 Å². The normalized spacial score (nSPS) is 13.5. The van der Waals surface area contributed by atoms with Crippen molar-refractivity contribution in [1.82, 2.24) is 5.32 Å². The number of esters is 1. The van der Waals surface area contributed by atoms with Gasteiger partial charge in [-0.3, -0.25) is 18.6 Å². The van der Waals surface area contributed by atoms with Crippen molar-refractivity contribution in [2.45, 2.75) is 213 Å². The molecule has 0 radical (unpaired) electrons. The van der Waals surface area contributed by atoms with Gasteiger partial charge in [0.05, 0.1) is 13.2 Å². The molecule has 0 aliphatic rings. The maximum absolute atomic E-state index is 12.1. The summed E-state index contributed by atoms with van der Waals surface area (Å²) in [7, 11) is -4.42. The number of ether oxygens (including phenoxy) is 1. The van der Waals surface area contributed by atoms with Crippen LogP contribution in [0.4, 0.5) is 0 Å². The molecule has 3 N–H and O–H groups in total. The molecule has 0 aromatic carbocycles. The first kappa shape index (κ1) is 51.5. The van der Waals surface area contributed by atoms with E-state index in [0.29, 0.717) is 6.42 Å². The first-order chi connectivity index (χ1) is 25.8. The van der Waals surface area contributed by atoms with Crippen molar-refractivity contribution in [3.05, 3.63) is 24.3 Å². The van der Waals surface area contributed by atoms with Crippen LogP contribution in [0, 0.1) is 0 Å². The molecule has 9 nitrogen and oxygen atoms in total. The summed E-state index contributed by atoms with van der Waals surface area (Å²) in [5.74, 6) is -0.526. The molecule has 10 heteroatoms. The van der Waals surface area contributed by atoms with E-state index in [1.165, 1.54) is 128 Å². The van der Waals surface area contributed by atoms with Crippen molar-refractivity contribution >= 4 is 19.7 Å². The zero-order valence-electron chi connectivity index (χ0n) is 34.2. The topological polar surface area (TPSA) is 131 Å². The van der Waals surface area contributed by atoms with E-state index < -0.39 is 26.5 Å². The molecule has 0 rings (SSSR count). The fraction of sp³-hybridized carbons (Fsp3) is 0.860. The Morgan fingerprint density at radius 3 is 1.42 bits per heavy atom. The lowest BCUT2D eigenvalue weighted by Gasteiger charge is -2.15. The van der Waals surface area contributed by atoms with Gasteiger partial charge in [-0.15, -0.1) is 0 Å². The van der Waals surface area contributed by atoms with E-state index >= 15 is 0 Å². The Kier molecular flexibility index (Phi) is 39.0. The van der Waals surface area contributed by atoms with Crippen LogP contribution in [0.1, 0.15) is 206 Å². The molecule has 312 valence electrons. The van der Waals surface area contributed by atoms with Gasteiger partial charge >= 0.3 is 13.8 Å². The molecule has 2 atom stereocenters. The van der Waals surface area contributed by atoms with Crippen LogP contribution in [0.25, 0.3) is 0 Å². The summed E-state index contributed by atoms with van der Waals surface area (Å²) in [6, 6.07) is 0. The van der Waals surface area contributed by atoms with E-state index in [9.17, 15) is 24.2 Å². The van der Waals surface area contributed by atoms with Gasteiger partial charge in [0.15, 0.2) is 0 Å². The third-order valence-corrected chi connectivity index (χ3v) is 10.3. The number of allylic oxidation sites excluding steroid dienone is 4. The number of phosphoric ester groups is 1. The third kappa shape index (κ3) is 41.5. The quantitative estimate of drug-likeness (QED) is 0.0242. The molecule has 0 fully saturated rings. The van der Waals surface area contributed by atoms with Gasteiger partial charge in [-0.2, -0.15) is 0 Å². The summed E-state index contributed by atoms with van der Waals surface area (Å²) >= 11 is 0. The summed E-state index contributed by atoms with van der Waals surface area (Å²) in [4.78, 5) is 33.9. The van der Waals surface area contributed by atoms with Gasteiger partial charge in [0, 0.05) is 19.4 Å². The standard InChI is InChI=1S/C43H82NO8P/c1-3-5-7-9-11-13-15-17-19-20-21-22-24-26-28-30-32-34-36-43(47)50-39-41(45)40-52-53(48,49)51-38-37-44-42(46)35-33-31-29-27-25-23-18-16-14-12-10-8-6-4-2/h16,18-20,41,45H,3-15,17,21-40H2,1-2H3,(H,44,46)(H,48,49)/b18-16-,20-19-. The van der Waals surface area contributed by atoms with Crippen LogP contribution in [0.2, 0.25) is 0 Å². The maximum atomic E-state index is 12.1. The zero-order chi connectivity index (χ0) is 38.9. The van der Waals surface area contributed by atoms with Crippen molar-refractivity contribution in [3.63, 3.8) is 0 Å². The third-order valence-electron chi connectivity index (χ3n) is 9.35. The van der Waals surface area contributed by atoms with E-state index in [2.05, 4.69) is 43.5 Å². The highest BCUT2D eigenvalue weighted by atomic mass is 31.2. The highest BCUT2D eigenvalue weighted by molar-refractivity contribution is 7.47. The number of aliphatic hydroxyl groups is 1. The molecule has 0 aromatic rings. The Bertz CT molecular complexity index is 928. The number of hydrogen-bond donors (Lipinski definition) is 3.